The molecule has 0 saturated heterocycles. The van der Waals surface area contributed by atoms with Gasteiger partial charge in [-0.05, 0) is 37.3 Å². The van der Waals surface area contributed by atoms with Crippen molar-refractivity contribution >= 4 is 0 Å². The summed E-state index contributed by atoms with van der Waals surface area (Å²) in [6.45, 7) is 2.39. The quantitative estimate of drug-likeness (QED) is 0.811. The Morgan fingerprint density at radius 2 is 1.94 bits per heavy atom. The topological polar surface area (TPSA) is 12.0 Å². The third kappa shape index (κ3) is 2.59. The van der Waals surface area contributed by atoms with Crippen molar-refractivity contribution in [3.63, 3.8) is 0 Å². The number of rotatable bonds is 5. The molecule has 0 aromatic heterocycles. The van der Waals surface area contributed by atoms with Gasteiger partial charge in [-0.3, -0.25) is 0 Å². The fourth-order valence-corrected chi connectivity index (χ4v) is 2.08. The van der Waals surface area contributed by atoms with Gasteiger partial charge in [0.25, 0.3) is 0 Å². The van der Waals surface area contributed by atoms with Gasteiger partial charge < -0.3 is 5.32 Å². The lowest BCUT2D eigenvalue weighted by molar-refractivity contribution is 0.434. The van der Waals surface area contributed by atoms with Crippen LogP contribution in [0.25, 0.3) is 0 Å². The van der Waals surface area contributed by atoms with Gasteiger partial charge in [0.15, 0.2) is 0 Å². The maximum absolute atomic E-state index is 13.3. The van der Waals surface area contributed by atoms with Crippen molar-refractivity contribution in [1.82, 2.24) is 5.32 Å². The molecule has 0 spiro atoms. The Kier molecular flexibility index (Phi) is 3.54. The molecule has 1 N–H and O–H groups in total. The van der Waals surface area contributed by atoms with E-state index < -0.39 is 11.6 Å². The maximum atomic E-state index is 13.3. The Hall–Kier alpha value is -0.960. The highest BCUT2D eigenvalue weighted by Gasteiger charge is 2.29. The molecule has 16 heavy (non-hydrogen) atoms. The molecule has 1 nitrogen and oxygen atoms in total. The smallest absolute Gasteiger partial charge is 0.130 e. The summed E-state index contributed by atoms with van der Waals surface area (Å²) in [7, 11) is 0. The van der Waals surface area contributed by atoms with Crippen LogP contribution in [0.15, 0.2) is 18.2 Å². The Labute approximate surface area is 94.9 Å². The monoisotopic (exact) mass is 225 g/mol. The van der Waals surface area contributed by atoms with Crippen molar-refractivity contribution in [1.29, 1.82) is 0 Å². The van der Waals surface area contributed by atoms with Crippen LogP contribution in [0.5, 0.6) is 0 Å². The highest BCUT2D eigenvalue weighted by molar-refractivity contribution is 5.19. The molecule has 1 aromatic rings. The van der Waals surface area contributed by atoms with E-state index in [0.29, 0.717) is 12.0 Å². The van der Waals surface area contributed by atoms with Gasteiger partial charge in [0.1, 0.15) is 11.6 Å². The Bertz CT molecular complexity index is 341. The van der Waals surface area contributed by atoms with E-state index in [2.05, 4.69) is 12.2 Å². The number of halogens is 2. The molecule has 1 atom stereocenters. The zero-order chi connectivity index (χ0) is 11.5. The molecular formula is C13H17F2N. The molecule has 1 saturated carbocycles. The van der Waals surface area contributed by atoms with E-state index in [1.165, 1.54) is 31.0 Å². The first-order valence-corrected chi connectivity index (χ1v) is 5.88. The van der Waals surface area contributed by atoms with Gasteiger partial charge in [-0.2, -0.15) is 0 Å². The van der Waals surface area contributed by atoms with E-state index >= 15 is 0 Å². The van der Waals surface area contributed by atoms with Crippen LogP contribution in [-0.4, -0.2) is 6.04 Å². The second kappa shape index (κ2) is 4.91. The van der Waals surface area contributed by atoms with Gasteiger partial charge in [-0.25, -0.2) is 8.78 Å². The number of benzene rings is 1. The lowest BCUT2D eigenvalue weighted by Gasteiger charge is -2.16. The molecule has 1 unspecified atom stereocenters. The summed E-state index contributed by atoms with van der Waals surface area (Å²) in [5.41, 5.74) is 0.154. The normalized spacial score (nSPS) is 17.4. The highest BCUT2D eigenvalue weighted by atomic mass is 19.1. The van der Waals surface area contributed by atoms with Crippen LogP contribution in [0.4, 0.5) is 8.78 Å². The first-order valence-electron chi connectivity index (χ1n) is 5.88. The first-order chi connectivity index (χ1) is 7.72. The third-order valence-corrected chi connectivity index (χ3v) is 3.23. The molecule has 88 valence electrons. The average Bonchev–Trinajstić information content (AvgIpc) is 3.07. The Morgan fingerprint density at radius 1 is 1.31 bits per heavy atom. The standard InChI is InChI=1S/C13H17F2N/c1-2-13(9-6-7-9)16-8-10-11(14)4-3-5-12(10)15/h3-5,9,13,16H,2,6-8H2,1H3. The first kappa shape index (κ1) is 11.5. The minimum atomic E-state index is -0.460. The summed E-state index contributed by atoms with van der Waals surface area (Å²) >= 11 is 0. The van der Waals surface area contributed by atoms with Crippen LogP contribution < -0.4 is 5.32 Å². The van der Waals surface area contributed by atoms with E-state index in [9.17, 15) is 8.78 Å². The van der Waals surface area contributed by atoms with Gasteiger partial charge in [0.05, 0.1) is 0 Å². The third-order valence-electron chi connectivity index (χ3n) is 3.23. The minimum Gasteiger partial charge on any atom is -0.309 e. The molecule has 0 amide bonds. The summed E-state index contributed by atoms with van der Waals surface area (Å²) in [6.07, 6.45) is 3.50. The van der Waals surface area contributed by atoms with Gasteiger partial charge in [-0.1, -0.05) is 13.0 Å². The minimum absolute atomic E-state index is 0.154. The SMILES string of the molecule is CCC(NCc1c(F)cccc1F)C1CC1. The molecule has 0 radical (unpaired) electrons. The van der Waals surface area contributed by atoms with E-state index in [1.807, 2.05) is 0 Å². The lowest BCUT2D eigenvalue weighted by atomic mass is 10.1. The van der Waals surface area contributed by atoms with Crippen molar-refractivity contribution in [2.45, 2.75) is 38.8 Å². The predicted molar refractivity (Wildman–Crippen MR) is 60.0 cm³/mol. The van der Waals surface area contributed by atoms with E-state index in [-0.39, 0.29) is 12.1 Å². The lowest BCUT2D eigenvalue weighted by Crippen LogP contribution is -2.30. The number of nitrogens with one attached hydrogen (secondary N) is 1. The zero-order valence-corrected chi connectivity index (χ0v) is 9.47. The van der Waals surface area contributed by atoms with Crippen LogP contribution >= 0.6 is 0 Å². The average molecular weight is 225 g/mol. The molecule has 1 aliphatic carbocycles. The molecule has 0 heterocycles. The second-order valence-electron chi connectivity index (χ2n) is 4.43. The van der Waals surface area contributed by atoms with Crippen molar-refractivity contribution in [2.24, 2.45) is 5.92 Å². The van der Waals surface area contributed by atoms with Crippen LogP contribution in [-0.2, 0) is 6.54 Å². The van der Waals surface area contributed by atoms with E-state index in [1.54, 1.807) is 0 Å². The van der Waals surface area contributed by atoms with Crippen LogP contribution in [0.2, 0.25) is 0 Å². The predicted octanol–water partition coefficient (Wildman–Crippen LogP) is 3.24. The Balaban J connectivity index is 1.98. The summed E-state index contributed by atoms with van der Waals surface area (Å²) in [6, 6.07) is 4.40. The molecular weight excluding hydrogens is 208 g/mol. The molecule has 1 aromatic carbocycles. The van der Waals surface area contributed by atoms with Gasteiger partial charge in [0, 0.05) is 18.2 Å². The van der Waals surface area contributed by atoms with Crippen molar-refractivity contribution in [3.8, 4) is 0 Å². The molecule has 0 bridgehead atoms. The van der Waals surface area contributed by atoms with Crippen molar-refractivity contribution in [2.75, 3.05) is 0 Å². The van der Waals surface area contributed by atoms with Crippen molar-refractivity contribution in [3.05, 3.63) is 35.4 Å². The molecule has 0 aliphatic heterocycles. The van der Waals surface area contributed by atoms with Gasteiger partial charge >= 0.3 is 0 Å². The van der Waals surface area contributed by atoms with E-state index in [4.69, 9.17) is 0 Å². The number of hydrogen-bond donors (Lipinski definition) is 1. The summed E-state index contributed by atoms with van der Waals surface area (Å²) in [5.74, 6) is -0.212. The fraction of sp³-hybridized carbons (Fsp3) is 0.538. The second-order valence-corrected chi connectivity index (χ2v) is 4.43. The summed E-state index contributed by atoms with van der Waals surface area (Å²) < 4.78 is 26.7. The maximum Gasteiger partial charge on any atom is 0.130 e. The van der Waals surface area contributed by atoms with Crippen LogP contribution in [0.3, 0.4) is 0 Å². The summed E-state index contributed by atoms with van der Waals surface area (Å²) in [4.78, 5) is 0. The Morgan fingerprint density at radius 3 is 2.44 bits per heavy atom. The highest BCUT2D eigenvalue weighted by Crippen LogP contribution is 2.34. The van der Waals surface area contributed by atoms with Crippen LogP contribution in [0, 0.1) is 17.6 Å². The fourth-order valence-electron chi connectivity index (χ4n) is 2.08. The van der Waals surface area contributed by atoms with E-state index in [0.717, 1.165) is 6.42 Å². The molecule has 2 rings (SSSR count). The van der Waals surface area contributed by atoms with Crippen molar-refractivity contribution < 1.29 is 8.78 Å². The molecule has 1 aliphatic rings. The van der Waals surface area contributed by atoms with Gasteiger partial charge in [-0.15, -0.1) is 0 Å². The van der Waals surface area contributed by atoms with Gasteiger partial charge in [0.2, 0.25) is 0 Å². The molecule has 1 fully saturated rings. The largest absolute Gasteiger partial charge is 0.309 e. The zero-order valence-electron chi connectivity index (χ0n) is 9.47. The van der Waals surface area contributed by atoms with Crippen LogP contribution in [0.1, 0.15) is 31.7 Å². The number of hydrogen-bond acceptors (Lipinski definition) is 1. The summed E-state index contributed by atoms with van der Waals surface area (Å²) in [5, 5.41) is 3.25. The molecule has 3 heteroatoms.